The zero-order valence-electron chi connectivity index (χ0n) is 11.7. The number of rotatable bonds is 2. The van der Waals surface area contributed by atoms with Crippen LogP contribution in [0.2, 0.25) is 0 Å². The van der Waals surface area contributed by atoms with Crippen molar-refractivity contribution in [3.63, 3.8) is 0 Å². The van der Waals surface area contributed by atoms with Gasteiger partial charge in [0.05, 0.1) is 0 Å². The van der Waals surface area contributed by atoms with Gasteiger partial charge in [-0.25, -0.2) is 13.4 Å². The van der Waals surface area contributed by atoms with Gasteiger partial charge in [-0.3, -0.25) is 0 Å². The molecule has 0 amide bonds. The van der Waals surface area contributed by atoms with Crippen LogP contribution in [0.1, 0.15) is 12.2 Å². The zero-order valence-corrected chi connectivity index (χ0v) is 13.4. The highest BCUT2D eigenvalue weighted by Crippen LogP contribution is 2.29. The topological polar surface area (TPSA) is 67.2 Å². The maximum Gasteiger partial charge on any atom is 0.262 e. The van der Waals surface area contributed by atoms with E-state index in [2.05, 4.69) is 10.3 Å². The minimum absolute atomic E-state index is 0. The van der Waals surface area contributed by atoms with E-state index < -0.39 is 10.0 Å². The van der Waals surface area contributed by atoms with Gasteiger partial charge in [-0.15, -0.1) is 12.4 Å². The predicted octanol–water partition coefficient (Wildman–Crippen LogP) is 0.380. The van der Waals surface area contributed by atoms with Gasteiger partial charge < -0.3 is 9.88 Å². The molecule has 114 valence electrons. The summed E-state index contributed by atoms with van der Waals surface area (Å²) < 4.78 is 28.5. The van der Waals surface area contributed by atoms with Crippen LogP contribution in [0.4, 0.5) is 0 Å². The molecule has 2 aliphatic heterocycles. The van der Waals surface area contributed by atoms with Crippen LogP contribution in [0.5, 0.6) is 0 Å². The third kappa shape index (κ3) is 2.59. The molecule has 2 unspecified atom stereocenters. The molecule has 2 aliphatic rings. The Hall–Kier alpha value is -0.630. The van der Waals surface area contributed by atoms with E-state index >= 15 is 0 Å². The average molecular weight is 321 g/mol. The lowest BCUT2D eigenvalue weighted by molar-refractivity contribution is 0.227. The Morgan fingerprint density at radius 3 is 2.70 bits per heavy atom. The Morgan fingerprint density at radius 2 is 2.05 bits per heavy atom. The van der Waals surface area contributed by atoms with Crippen LogP contribution in [-0.2, 0) is 17.1 Å². The summed E-state index contributed by atoms with van der Waals surface area (Å²) in [4.78, 5) is 4.16. The molecule has 0 aromatic carbocycles. The van der Waals surface area contributed by atoms with Crippen LogP contribution in [0.15, 0.2) is 11.2 Å². The molecule has 0 radical (unpaired) electrons. The molecular formula is C12H21ClN4O2S. The SMILES string of the molecule is Cc1nc(S(=O)(=O)N2CCC3CNCC3C2)cn1C.Cl. The fraction of sp³-hybridized carbons (Fsp3) is 0.750. The molecule has 8 heteroatoms. The molecule has 20 heavy (non-hydrogen) atoms. The van der Waals surface area contributed by atoms with E-state index in [0.29, 0.717) is 24.9 Å². The van der Waals surface area contributed by atoms with Crippen molar-refractivity contribution in [1.82, 2.24) is 19.2 Å². The summed E-state index contributed by atoms with van der Waals surface area (Å²) >= 11 is 0. The van der Waals surface area contributed by atoms with Crippen LogP contribution in [-0.4, -0.2) is 48.5 Å². The summed E-state index contributed by atoms with van der Waals surface area (Å²) in [6.45, 7) is 5.00. The number of fused-ring (bicyclic) bond motifs is 1. The maximum atomic E-state index is 12.6. The van der Waals surface area contributed by atoms with Crippen molar-refractivity contribution in [2.75, 3.05) is 26.2 Å². The lowest BCUT2D eigenvalue weighted by atomic mass is 9.90. The maximum absolute atomic E-state index is 12.6. The van der Waals surface area contributed by atoms with Crippen LogP contribution in [0, 0.1) is 18.8 Å². The van der Waals surface area contributed by atoms with Crippen LogP contribution in [0.25, 0.3) is 0 Å². The predicted molar refractivity (Wildman–Crippen MR) is 78.4 cm³/mol. The fourth-order valence-corrected chi connectivity index (χ4v) is 4.54. The summed E-state index contributed by atoms with van der Waals surface area (Å²) in [5, 5.41) is 3.53. The molecule has 1 aromatic rings. The van der Waals surface area contributed by atoms with Gasteiger partial charge >= 0.3 is 0 Å². The van der Waals surface area contributed by atoms with Crippen molar-refractivity contribution in [1.29, 1.82) is 0 Å². The van der Waals surface area contributed by atoms with Gasteiger partial charge in [0.25, 0.3) is 10.0 Å². The second-order valence-corrected chi connectivity index (χ2v) is 7.45. The van der Waals surface area contributed by atoms with Crippen LogP contribution >= 0.6 is 12.4 Å². The normalized spacial score (nSPS) is 27.1. The number of imidazole rings is 1. The number of nitrogens with one attached hydrogen (secondary N) is 1. The summed E-state index contributed by atoms with van der Waals surface area (Å²) in [7, 11) is -1.61. The number of hydrogen-bond donors (Lipinski definition) is 1. The molecule has 2 fully saturated rings. The monoisotopic (exact) mass is 320 g/mol. The number of sulfonamides is 1. The quantitative estimate of drug-likeness (QED) is 0.855. The molecule has 0 saturated carbocycles. The first-order valence-corrected chi connectivity index (χ1v) is 8.13. The van der Waals surface area contributed by atoms with Crippen molar-refractivity contribution in [2.45, 2.75) is 18.4 Å². The van der Waals surface area contributed by atoms with Gasteiger partial charge in [0.1, 0.15) is 5.82 Å². The molecule has 0 bridgehead atoms. The molecule has 3 rings (SSSR count). The van der Waals surface area contributed by atoms with E-state index in [1.807, 2.05) is 14.0 Å². The first-order valence-electron chi connectivity index (χ1n) is 6.69. The van der Waals surface area contributed by atoms with Crippen LogP contribution in [0.3, 0.4) is 0 Å². The Bertz CT molecular complexity index is 567. The Morgan fingerprint density at radius 1 is 1.35 bits per heavy atom. The molecule has 0 aliphatic carbocycles. The Labute approximate surface area is 126 Å². The van der Waals surface area contributed by atoms with E-state index in [-0.39, 0.29) is 17.4 Å². The smallest absolute Gasteiger partial charge is 0.262 e. The fourth-order valence-electron chi connectivity index (χ4n) is 3.00. The summed E-state index contributed by atoms with van der Waals surface area (Å²) in [6.07, 6.45) is 2.55. The summed E-state index contributed by atoms with van der Waals surface area (Å²) in [5.74, 6) is 1.81. The first kappa shape index (κ1) is 15.8. The highest BCUT2D eigenvalue weighted by molar-refractivity contribution is 7.89. The minimum atomic E-state index is -3.43. The number of nitrogens with zero attached hydrogens (tertiary/aromatic N) is 3. The average Bonchev–Trinajstić information content (AvgIpc) is 2.96. The summed E-state index contributed by atoms with van der Waals surface area (Å²) in [6, 6.07) is 0. The standard InChI is InChI=1S/C12H20N4O2S.ClH/c1-9-14-12(8-15(9)2)19(17,18)16-4-3-10-5-13-6-11(10)7-16;/h8,10-11,13H,3-7H2,1-2H3;1H. The van der Waals surface area contributed by atoms with Gasteiger partial charge in [0, 0.05) is 26.3 Å². The van der Waals surface area contributed by atoms with Gasteiger partial charge in [-0.1, -0.05) is 0 Å². The van der Waals surface area contributed by atoms with Gasteiger partial charge in [-0.2, -0.15) is 4.31 Å². The zero-order chi connectivity index (χ0) is 13.6. The Balaban J connectivity index is 0.00000147. The number of aryl methyl sites for hydroxylation is 2. The first-order chi connectivity index (χ1) is 8.98. The number of aromatic nitrogens is 2. The minimum Gasteiger partial charge on any atom is -0.337 e. The highest BCUT2D eigenvalue weighted by atomic mass is 35.5. The molecule has 6 nitrogen and oxygen atoms in total. The number of piperidine rings is 1. The van der Waals surface area contributed by atoms with Crippen molar-refractivity contribution in [3.8, 4) is 0 Å². The van der Waals surface area contributed by atoms with E-state index in [1.165, 1.54) is 0 Å². The van der Waals surface area contributed by atoms with Gasteiger partial charge in [-0.05, 0) is 38.3 Å². The van der Waals surface area contributed by atoms with E-state index in [1.54, 1.807) is 15.1 Å². The third-order valence-electron chi connectivity index (χ3n) is 4.36. The molecule has 2 saturated heterocycles. The third-order valence-corrected chi connectivity index (χ3v) is 6.09. The molecule has 1 aromatic heterocycles. The van der Waals surface area contributed by atoms with Gasteiger partial charge in [0.2, 0.25) is 0 Å². The van der Waals surface area contributed by atoms with Crippen molar-refractivity contribution in [3.05, 3.63) is 12.0 Å². The number of halogens is 1. The molecule has 0 spiro atoms. The van der Waals surface area contributed by atoms with Gasteiger partial charge in [0.15, 0.2) is 5.03 Å². The second-order valence-electron chi connectivity index (χ2n) is 5.57. The Kier molecular flexibility index (Phi) is 4.44. The van der Waals surface area contributed by atoms with E-state index in [9.17, 15) is 8.42 Å². The lowest BCUT2D eigenvalue weighted by Gasteiger charge is -2.32. The number of hydrogen-bond acceptors (Lipinski definition) is 4. The highest BCUT2D eigenvalue weighted by Gasteiger charge is 2.38. The van der Waals surface area contributed by atoms with Crippen molar-refractivity contribution >= 4 is 22.4 Å². The molecular weight excluding hydrogens is 300 g/mol. The van der Waals surface area contributed by atoms with Crippen molar-refractivity contribution < 1.29 is 8.42 Å². The second kappa shape index (κ2) is 5.63. The van der Waals surface area contributed by atoms with E-state index in [4.69, 9.17) is 0 Å². The molecule has 1 N–H and O–H groups in total. The van der Waals surface area contributed by atoms with Crippen LogP contribution < -0.4 is 5.32 Å². The van der Waals surface area contributed by atoms with E-state index in [0.717, 1.165) is 25.3 Å². The summed E-state index contributed by atoms with van der Waals surface area (Å²) in [5.41, 5.74) is 0. The lowest BCUT2D eigenvalue weighted by Crippen LogP contribution is -2.43. The van der Waals surface area contributed by atoms with Crippen molar-refractivity contribution in [2.24, 2.45) is 18.9 Å². The molecule has 3 heterocycles. The molecule has 2 atom stereocenters. The largest absolute Gasteiger partial charge is 0.337 e.